The Labute approximate surface area is 140 Å². The van der Waals surface area contributed by atoms with E-state index < -0.39 is 23.6 Å². The summed E-state index contributed by atoms with van der Waals surface area (Å²) in [4.78, 5) is 13.4. The molecule has 2 heterocycles. The summed E-state index contributed by atoms with van der Waals surface area (Å²) in [5, 5.41) is 12.7. The van der Waals surface area contributed by atoms with E-state index in [9.17, 15) is 18.7 Å². The van der Waals surface area contributed by atoms with Crippen molar-refractivity contribution in [3.05, 3.63) is 81.4 Å². The van der Waals surface area contributed by atoms with E-state index in [2.05, 4.69) is 5.32 Å². The van der Waals surface area contributed by atoms with Crippen LogP contribution in [0.3, 0.4) is 0 Å². The summed E-state index contributed by atoms with van der Waals surface area (Å²) < 4.78 is 31.6. The van der Waals surface area contributed by atoms with E-state index in [1.165, 1.54) is 17.6 Å². The first-order valence-electron chi connectivity index (χ1n) is 7.08. The summed E-state index contributed by atoms with van der Waals surface area (Å²) in [7, 11) is 0. The zero-order valence-corrected chi connectivity index (χ0v) is 13.1. The minimum absolute atomic E-state index is 0.172. The number of aliphatic hydroxyl groups is 1. The van der Waals surface area contributed by atoms with Crippen LogP contribution in [-0.4, -0.2) is 11.0 Å². The molecule has 0 spiro atoms. The molecular weight excluding hydrogens is 336 g/mol. The van der Waals surface area contributed by atoms with Crippen LogP contribution < -0.4 is 5.32 Å². The summed E-state index contributed by atoms with van der Waals surface area (Å²) in [6, 6.07) is 9.64. The van der Waals surface area contributed by atoms with Gasteiger partial charge in [-0.3, -0.25) is 4.79 Å². The molecule has 1 amide bonds. The molecule has 24 heavy (non-hydrogen) atoms. The van der Waals surface area contributed by atoms with Gasteiger partial charge >= 0.3 is 0 Å². The lowest BCUT2D eigenvalue weighted by atomic mass is 10.2. The van der Waals surface area contributed by atoms with Gasteiger partial charge in [-0.05, 0) is 36.4 Å². The van der Waals surface area contributed by atoms with Crippen LogP contribution in [0.5, 0.6) is 0 Å². The highest BCUT2D eigenvalue weighted by Gasteiger charge is 2.16. The average Bonchev–Trinajstić information content (AvgIpc) is 3.24. The van der Waals surface area contributed by atoms with Crippen molar-refractivity contribution in [1.82, 2.24) is 5.32 Å². The fourth-order valence-corrected chi connectivity index (χ4v) is 3.11. The lowest BCUT2D eigenvalue weighted by Gasteiger charge is -2.06. The van der Waals surface area contributed by atoms with Crippen molar-refractivity contribution in [2.45, 2.75) is 12.6 Å². The monoisotopic (exact) mass is 349 g/mol. The maximum absolute atomic E-state index is 13.6. The van der Waals surface area contributed by atoms with E-state index in [1.54, 1.807) is 24.3 Å². The van der Waals surface area contributed by atoms with Crippen LogP contribution >= 0.6 is 11.3 Å². The van der Waals surface area contributed by atoms with Crippen LogP contribution in [0.25, 0.3) is 0 Å². The standard InChI is InChI=1S/C17H13F2NO3S/c18-10-3-5-12(13(19)8-10)17(22)20-9-11-4-6-15(24-11)16(21)14-2-1-7-23-14/h1-8,16,21H,9H2,(H,20,22). The van der Waals surface area contributed by atoms with E-state index in [0.29, 0.717) is 16.7 Å². The molecule has 0 fully saturated rings. The van der Waals surface area contributed by atoms with Crippen molar-refractivity contribution in [3.63, 3.8) is 0 Å². The van der Waals surface area contributed by atoms with Crippen molar-refractivity contribution in [2.24, 2.45) is 0 Å². The number of hydrogen-bond acceptors (Lipinski definition) is 4. The first-order valence-corrected chi connectivity index (χ1v) is 7.89. The summed E-state index contributed by atoms with van der Waals surface area (Å²) in [5.41, 5.74) is -0.219. The van der Waals surface area contributed by atoms with Crippen LogP contribution in [0.15, 0.2) is 53.1 Å². The fraction of sp³-hybridized carbons (Fsp3) is 0.118. The first-order chi connectivity index (χ1) is 11.5. The largest absolute Gasteiger partial charge is 0.466 e. The maximum Gasteiger partial charge on any atom is 0.254 e. The first kappa shape index (κ1) is 16.4. The third-order valence-electron chi connectivity index (χ3n) is 3.36. The third kappa shape index (κ3) is 3.52. The SMILES string of the molecule is O=C(NCc1ccc(C(O)c2ccco2)s1)c1ccc(F)cc1F. The summed E-state index contributed by atoms with van der Waals surface area (Å²) in [6.45, 7) is 0.172. The normalized spacial score (nSPS) is 12.1. The number of carbonyl (C=O) groups excluding carboxylic acids is 1. The Hall–Kier alpha value is -2.51. The molecule has 2 N–H and O–H groups in total. The van der Waals surface area contributed by atoms with E-state index in [4.69, 9.17) is 4.42 Å². The highest BCUT2D eigenvalue weighted by molar-refractivity contribution is 7.12. The second kappa shape index (κ2) is 6.94. The van der Waals surface area contributed by atoms with Crippen molar-refractivity contribution >= 4 is 17.2 Å². The molecule has 1 aromatic carbocycles. The van der Waals surface area contributed by atoms with Gasteiger partial charge in [-0.1, -0.05) is 0 Å². The maximum atomic E-state index is 13.6. The van der Waals surface area contributed by atoms with Gasteiger partial charge in [0.15, 0.2) is 0 Å². The molecule has 0 radical (unpaired) electrons. The predicted octanol–water partition coefficient (Wildman–Crippen LogP) is 3.63. The Morgan fingerprint density at radius 3 is 2.79 bits per heavy atom. The number of nitrogens with one attached hydrogen (secondary N) is 1. The second-order valence-corrected chi connectivity index (χ2v) is 6.23. The lowest BCUT2D eigenvalue weighted by molar-refractivity contribution is 0.0947. The van der Waals surface area contributed by atoms with E-state index in [1.807, 2.05) is 0 Å². The minimum Gasteiger partial charge on any atom is -0.466 e. The predicted molar refractivity (Wildman–Crippen MR) is 84.6 cm³/mol. The van der Waals surface area contributed by atoms with Crippen molar-refractivity contribution < 1.29 is 23.1 Å². The van der Waals surface area contributed by atoms with Crippen LogP contribution in [-0.2, 0) is 6.54 Å². The zero-order chi connectivity index (χ0) is 17.1. The Morgan fingerprint density at radius 1 is 1.25 bits per heavy atom. The molecule has 2 aromatic heterocycles. The van der Waals surface area contributed by atoms with Gasteiger partial charge < -0.3 is 14.8 Å². The Morgan fingerprint density at radius 2 is 2.08 bits per heavy atom. The minimum atomic E-state index is -0.910. The van der Waals surface area contributed by atoms with Gasteiger partial charge in [0.1, 0.15) is 23.5 Å². The van der Waals surface area contributed by atoms with Crippen LogP contribution in [0, 0.1) is 11.6 Å². The molecule has 7 heteroatoms. The second-order valence-electron chi connectivity index (χ2n) is 5.03. The molecule has 0 saturated carbocycles. The molecule has 4 nitrogen and oxygen atoms in total. The van der Waals surface area contributed by atoms with Crippen molar-refractivity contribution in [3.8, 4) is 0 Å². The van der Waals surface area contributed by atoms with Gasteiger partial charge in [-0.25, -0.2) is 8.78 Å². The molecule has 0 bridgehead atoms. The number of rotatable bonds is 5. The lowest BCUT2D eigenvalue weighted by Crippen LogP contribution is -2.23. The third-order valence-corrected chi connectivity index (χ3v) is 4.50. The number of furan rings is 1. The van der Waals surface area contributed by atoms with Gasteiger partial charge in [-0.15, -0.1) is 11.3 Å². The van der Waals surface area contributed by atoms with Gasteiger partial charge in [0, 0.05) is 15.8 Å². The number of benzene rings is 1. The van der Waals surface area contributed by atoms with Crippen LogP contribution in [0.1, 0.15) is 32.0 Å². The molecule has 0 aliphatic rings. The van der Waals surface area contributed by atoms with Crippen LogP contribution in [0.4, 0.5) is 8.78 Å². The molecule has 1 unspecified atom stereocenters. The molecule has 124 valence electrons. The highest BCUT2D eigenvalue weighted by Crippen LogP contribution is 2.28. The van der Waals surface area contributed by atoms with Crippen molar-refractivity contribution in [2.75, 3.05) is 0 Å². The molecule has 0 aliphatic heterocycles. The summed E-state index contributed by atoms with van der Waals surface area (Å²) >= 11 is 1.30. The van der Waals surface area contributed by atoms with Gasteiger partial charge in [0.05, 0.1) is 18.4 Å². The Kier molecular flexibility index (Phi) is 4.73. The van der Waals surface area contributed by atoms with E-state index in [0.717, 1.165) is 17.0 Å². The Balaban J connectivity index is 1.64. The molecular formula is C17H13F2NO3S. The van der Waals surface area contributed by atoms with Gasteiger partial charge in [0.25, 0.3) is 5.91 Å². The molecule has 3 aromatic rings. The van der Waals surface area contributed by atoms with Crippen LogP contribution in [0.2, 0.25) is 0 Å². The van der Waals surface area contributed by atoms with E-state index >= 15 is 0 Å². The number of thiophene rings is 1. The molecule has 0 aliphatic carbocycles. The molecule has 1 atom stereocenters. The topological polar surface area (TPSA) is 62.5 Å². The Bertz CT molecular complexity index is 845. The smallest absolute Gasteiger partial charge is 0.254 e. The number of hydrogen-bond donors (Lipinski definition) is 2. The summed E-state index contributed by atoms with van der Waals surface area (Å²) in [6.07, 6.45) is 0.605. The van der Waals surface area contributed by atoms with E-state index in [-0.39, 0.29) is 12.1 Å². The zero-order valence-electron chi connectivity index (χ0n) is 12.3. The van der Waals surface area contributed by atoms with Gasteiger partial charge in [-0.2, -0.15) is 0 Å². The number of halogens is 2. The number of amides is 1. The average molecular weight is 349 g/mol. The summed E-state index contributed by atoms with van der Waals surface area (Å²) in [5.74, 6) is -1.85. The fourth-order valence-electron chi connectivity index (χ4n) is 2.16. The molecule has 3 rings (SSSR count). The quantitative estimate of drug-likeness (QED) is 0.739. The number of carbonyl (C=O) groups is 1. The van der Waals surface area contributed by atoms with Crippen molar-refractivity contribution in [1.29, 1.82) is 0 Å². The highest BCUT2D eigenvalue weighted by atomic mass is 32.1. The molecule has 0 saturated heterocycles. The number of aliphatic hydroxyl groups excluding tert-OH is 1. The van der Waals surface area contributed by atoms with Gasteiger partial charge in [0.2, 0.25) is 0 Å².